The van der Waals surface area contributed by atoms with Crippen LogP contribution in [0.3, 0.4) is 0 Å². The van der Waals surface area contributed by atoms with Crippen molar-refractivity contribution in [2.24, 2.45) is 0 Å². The van der Waals surface area contributed by atoms with Gasteiger partial charge in [-0.05, 0) is 69.8 Å². The van der Waals surface area contributed by atoms with E-state index >= 15 is 0 Å². The maximum atomic E-state index is 3.66. The molecular formula is C37H24BrN. The Morgan fingerprint density at radius 2 is 0.872 bits per heavy atom. The van der Waals surface area contributed by atoms with Crippen molar-refractivity contribution in [2.45, 2.75) is 5.41 Å². The van der Waals surface area contributed by atoms with E-state index in [1.54, 1.807) is 0 Å². The van der Waals surface area contributed by atoms with E-state index in [4.69, 9.17) is 0 Å². The molecule has 0 amide bonds. The predicted molar refractivity (Wildman–Crippen MR) is 166 cm³/mol. The number of aromatic nitrogens is 1. The average molecular weight is 563 g/mol. The molecule has 0 radical (unpaired) electrons. The van der Waals surface area contributed by atoms with Gasteiger partial charge in [-0.2, -0.15) is 0 Å². The molecule has 184 valence electrons. The topological polar surface area (TPSA) is 4.93 Å². The summed E-state index contributed by atoms with van der Waals surface area (Å²) in [5, 5.41) is 2.56. The van der Waals surface area contributed by atoms with Gasteiger partial charge >= 0.3 is 0 Å². The van der Waals surface area contributed by atoms with E-state index in [-0.39, 0.29) is 0 Å². The van der Waals surface area contributed by atoms with Gasteiger partial charge in [0.15, 0.2) is 0 Å². The maximum Gasteiger partial charge on any atom is 0.0713 e. The average Bonchev–Trinajstić information content (AvgIpc) is 3.49. The normalized spacial score (nSPS) is 13.5. The van der Waals surface area contributed by atoms with Gasteiger partial charge in [0.1, 0.15) is 0 Å². The van der Waals surface area contributed by atoms with Crippen LogP contribution in [-0.4, -0.2) is 4.57 Å². The zero-order chi connectivity index (χ0) is 26.0. The number of halogens is 1. The Balaban J connectivity index is 1.40. The van der Waals surface area contributed by atoms with E-state index in [9.17, 15) is 0 Å². The van der Waals surface area contributed by atoms with E-state index in [1.165, 1.54) is 60.9 Å². The molecule has 0 saturated heterocycles. The lowest BCUT2D eigenvalue weighted by Gasteiger charge is -2.34. The molecule has 0 atom stereocenters. The molecule has 1 aliphatic rings. The molecule has 8 rings (SSSR count). The van der Waals surface area contributed by atoms with Crippen molar-refractivity contribution in [3.8, 4) is 16.8 Å². The molecule has 0 spiro atoms. The third-order valence-corrected chi connectivity index (χ3v) is 8.90. The first-order chi connectivity index (χ1) is 19.3. The number of benzene rings is 6. The lowest BCUT2D eigenvalue weighted by atomic mass is 9.68. The van der Waals surface area contributed by atoms with Crippen molar-refractivity contribution in [1.29, 1.82) is 0 Å². The Morgan fingerprint density at radius 3 is 1.41 bits per heavy atom. The van der Waals surface area contributed by atoms with Crippen LogP contribution >= 0.6 is 15.9 Å². The fourth-order valence-corrected chi connectivity index (χ4v) is 7.05. The van der Waals surface area contributed by atoms with Crippen molar-refractivity contribution in [1.82, 2.24) is 4.57 Å². The second-order valence-electron chi connectivity index (χ2n) is 10.3. The van der Waals surface area contributed by atoms with E-state index in [0.717, 1.165) is 4.47 Å². The van der Waals surface area contributed by atoms with Crippen LogP contribution in [0.2, 0.25) is 0 Å². The largest absolute Gasteiger partial charge is 0.309 e. The van der Waals surface area contributed by atoms with Gasteiger partial charge in [-0.3, -0.25) is 0 Å². The molecule has 6 aromatic carbocycles. The highest BCUT2D eigenvalue weighted by atomic mass is 79.9. The van der Waals surface area contributed by atoms with Gasteiger partial charge in [0, 0.05) is 20.9 Å². The van der Waals surface area contributed by atoms with Crippen molar-refractivity contribution >= 4 is 37.7 Å². The second-order valence-corrected chi connectivity index (χ2v) is 11.2. The van der Waals surface area contributed by atoms with Crippen LogP contribution in [0.4, 0.5) is 0 Å². The lowest BCUT2D eigenvalue weighted by Crippen LogP contribution is -2.28. The summed E-state index contributed by atoms with van der Waals surface area (Å²) >= 11 is 3.66. The van der Waals surface area contributed by atoms with E-state index in [2.05, 4.69) is 166 Å². The SMILES string of the molecule is Brc1ccc(C2(c3ccc(-n4c5ccccc5c5ccccc54)cc3)c3ccccc3-c3ccccc32)cc1. The molecule has 7 aromatic rings. The quantitative estimate of drug-likeness (QED) is 0.202. The highest BCUT2D eigenvalue weighted by molar-refractivity contribution is 9.10. The monoisotopic (exact) mass is 561 g/mol. The zero-order valence-corrected chi connectivity index (χ0v) is 22.8. The summed E-state index contributed by atoms with van der Waals surface area (Å²) in [5.41, 5.74) is 11.0. The first kappa shape index (κ1) is 22.6. The fourth-order valence-electron chi connectivity index (χ4n) is 6.78. The van der Waals surface area contributed by atoms with Gasteiger partial charge in [0.2, 0.25) is 0 Å². The number of rotatable bonds is 3. The minimum Gasteiger partial charge on any atom is -0.309 e. The van der Waals surface area contributed by atoms with Crippen LogP contribution in [0.5, 0.6) is 0 Å². The minimum absolute atomic E-state index is 0.396. The Kier molecular flexibility index (Phi) is 4.95. The summed E-state index contributed by atoms with van der Waals surface area (Å²) in [5.74, 6) is 0. The van der Waals surface area contributed by atoms with Crippen molar-refractivity contribution < 1.29 is 0 Å². The standard InChI is InChI=1S/C37H24BrN/c38-27-21-17-25(18-22-27)37(33-13-5-1-9-29(33)30-10-2-6-14-34(30)37)26-19-23-28(24-20-26)39-35-15-7-3-11-31(35)32-12-4-8-16-36(32)39/h1-24H. The summed E-state index contributed by atoms with van der Waals surface area (Å²) in [6, 6.07) is 53.3. The summed E-state index contributed by atoms with van der Waals surface area (Å²) in [7, 11) is 0. The number of hydrogen-bond donors (Lipinski definition) is 0. The Labute approximate surface area is 236 Å². The molecule has 39 heavy (non-hydrogen) atoms. The summed E-state index contributed by atoms with van der Waals surface area (Å²) in [4.78, 5) is 0. The molecule has 0 aliphatic heterocycles. The minimum atomic E-state index is -0.396. The molecule has 0 unspecified atom stereocenters. The third kappa shape index (κ3) is 3.13. The van der Waals surface area contributed by atoms with Gasteiger partial charge < -0.3 is 4.57 Å². The van der Waals surface area contributed by atoms with Crippen molar-refractivity contribution in [3.05, 3.63) is 172 Å². The zero-order valence-electron chi connectivity index (χ0n) is 21.2. The fraction of sp³-hybridized carbons (Fsp3) is 0.0270. The number of fused-ring (bicyclic) bond motifs is 6. The molecule has 1 heterocycles. The molecule has 0 bridgehead atoms. The molecule has 0 N–H and O–H groups in total. The van der Waals surface area contributed by atoms with Gasteiger partial charge in [-0.25, -0.2) is 0 Å². The number of nitrogens with zero attached hydrogens (tertiary/aromatic N) is 1. The van der Waals surface area contributed by atoms with Gasteiger partial charge in [-0.1, -0.05) is 125 Å². The van der Waals surface area contributed by atoms with Crippen molar-refractivity contribution in [3.63, 3.8) is 0 Å². The highest BCUT2D eigenvalue weighted by Crippen LogP contribution is 2.56. The Hall–Kier alpha value is -4.40. The number of para-hydroxylation sites is 2. The number of hydrogen-bond acceptors (Lipinski definition) is 0. The molecule has 2 heteroatoms. The summed E-state index contributed by atoms with van der Waals surface area (Å²) in [6.45, 7) is 0. The van der Waals surface area contributed by atoms with Crippen LogP contribution in [0, 0.1) is 0 Å². The van der Waals surface area contributed by atoms with Crippen LogP contribution in [0.1, 0.15) is 22.3 Å². The van der Waals surface area contributed by atoms with Gasteiger partial charge in [0.05, 0.1) is 16.4 Å². The first-order valence-corrected chi connectivity index (χ1v) is 14.1. The summed E-state index contributed by atoms with van der Waals surface area (Å²) in [6.07, 6.45) is 0. The molecule has 0 fully saturated rings. The Morgan fingerprint density at radius 1 is 0.436 bits per heavy atom. The second kappa shape index (κ2) is 8.56. The maximum absolute atomic E-state index is 3.66. The van der Waals surface area contributed by atoms with Crippen molar-refractivity contribution in [2.75, 3.05) is 0 Å². The van der Waals surface area contributed by atoms with Gasteiger partial charge in [0.25, 0.3) is 0 Å². The molecule has 1 aliphatic carbocycles. The van der Waals surface area contributed by atoms with Gasteiger partial charge in [-0.15, -0.1) is 0 Å². The van der Waals surface area contributed by atoms with Crippen LogP contribution in [0.25, 0.3) is 38.6 Å². The molecule has 0 saturated carbocycles. The van der Waals surface area contributed by atoms with E-state index in [1.807, 2.05) is 0 Å². The third-order valence-electron chi connectivity index (χ3n) is 8.37. The lowest BCUT2D eigenvalue weighted by molar-refractivity contribution is 0.768. The molecular weight excluding hydrogens is 538 g/mol. The smallest absolute Gasteiger partial charge is 0.0713 e. The highest BCUT2D eigenvalue weighted by Gasteiger charge is 2.45. The van der Waals surface area contributed by atoms with E-state index < -0.39 is 5.41 Å². The van der Waals surface area contributed by atoms with Crippen LogP contribution < -0.4 is 0 Å². The molecule has 1 aromatic heterocycles. The molecule has 1 nitrogen and oxygen atoms in total. The van der Waals surface area contributed by atoms with Crippen LogP contribution in [0.15, 0.2) is 150 Å². The summed E-state index contributed by atoms with van der Waals surface area (Å²) < 4.78 is 3.47. The Bertz CT molecular complexity index is 1910. The van der Waals surface area contributed by atoms with E-state index in [0.29, 0.717) is 0 Å². The van der Waals surface area contributed by atoms with Crippen LogP contribution in [-0.2, 0) is 5.41 Å². The predicted octanol–water partition coefficient (Wildman–Crippen LogP) is 9.91. The first-order valence-electron chi connectivity index (χ1n) is 13.3.